The Bertz CT molecular complexity index is 1420. The molecule has 3 N–H and O–H groups in total. The van der Waals surface area contributed by atoms with E-state index in [1.54, 1.807) is 42.5 Å². The van der Waals surface area contributed by atoms with Crippen LogP contribution in [-0.2, 0) is 9.59 Å². The molecule has 0 atom stereocenters. The molecule has 0 aliphatic rings. The number of ether oxygens (including phenoxy) is 1. The minimum Gasteiger partial charge on any atom is -0.497 e. The minimum atomic E-state index is -0.929. The molecule has 0 saturated carbocycles. The fraction of sp³-hybridized carbons (Fsp3) is 0.115. The van der Waals surface area contributed by atoms with Gasteiger partial charge in [-0.2, -0.15) is 0 Å². The maximum absolute atomic E-state index is 13.2. The summed E-state index contributed by atoms with van der Waals surface area (Å²) < 4.78 is 7.22. The van der Waals surface area contributed by atoms with Crippen LogP contribution in [0.3, 0.4) is 0 Å². The van der Waals surface area contributed by atoms with Gasteiger partial charge in [0.1, 0.15) is 11.4 Å². The number of hydrogen-bond donors (Lipinski definition) is 3. The molecule has 9 heteroatoms. The van der Waals surface area contributed by atoms with Crippen molar-refractivity contribution in [2.24, 2.45) is 0 Å². The number of aryl methyl sites for hydroxylation is 2. The summed E-state index contributed by atoms with van der Waals surface area (Å²) in [7, 11) is 1.54. The Morgan fingerprint density at radius 2 is 1.49 bits per heavy atom. The zero-order valence-corrected chi connectivity index (χ0v) is 20.9. The Morgan fingerprint density at radius 1 is 0.800 bits per heavy atom. The molecule has 0 radical (unpaired) electrons. The fourth-order valence-corrected chi connectivity index (χ4v) is 4.11. The molecule has 178 valence electrons. The summed E-state index contributed by atoms with van der Waals surface area (Å²) in [5.41, 5.74) is 6.36. The van der Waals surface area contributed by atoms with Crippen molar-refractivity contribution in [3.63, 3.8) is 0 Å². The number of rotatable bonds is 5. The number of amides is 3. The highest BCUT2D eigenvalue weighted by Gasteiger charge is 2.21. The predicted octanol–water partition coefficient (Wildman–Crippen LogP) is 4.99. The number of carbonyl (C=O) groups is 3. The van der Waals surface area contributed by atoms with Crippen LogP contribution in [0.5, 0.6) is 5.75 Å². The maximum atomic E-state index is 13.2. The van der Waals surface area contributed by atoms with E-state index in [1.807, 2.05) is 38.1 Å². The number of anilines is 2. The number of methoxy groups -OCH3 is 1. The van der Waals surface area contributed by atoms with Crippen LogP contribution in [0.25, 0.3) is 10.9 Å². The van der Waals surface area contributed by atoms with Crippen molar-refractivity contribution in [3.8, 4) is 5.75 Å². The van der Waals surface area contributed by atoms with Gasteiger partial charge >= 0.3 is 11.8 Å². The average Bonchev–Trinajstić information content (AvgIpc) is 3.16. The van der Waals surface area contributed by atoms with Crippen LogP contribution < -0.4 is 20.8 Å². The molecule has 35 heavy (non-hydrogen) atoms. The first-order valence-electron chi connectivity index (χ1n) is 10.7. The van der Waals surface area contributed by atoms with E-state index in [2.05, 4.69) is 32.0 Å². The van der Waals surface area contributed by atoms with Gasteiger partial charge in [0.25, 0.3) is 5.91 Å². The highest BCUT2D eigenvalue weighted by Crippen LogP contribution is 2.24. The molecular formula is C26H23BrN4O4. The first kappa shape index (κ1) is 24.0. The highest BCUT2D eigenvalue weighted by atomic mass is 79.9. The number of nitrogens with one attached hydrogen (secondary N) is 3. The van der Waals surface area contributed by atoms with E-state index < -0.39 is 17.7 Å². The summed E-state index contributed by atoms with van der Waals surface area (Å²) in [5, 5.41) is 6.12. The van der Waals surface area contributed by atoms with Crippen LogP contribution in [0.4, 0.5) is 11.4 Å². The third-order valence-corrected chi connectivity index (χ3v) is 5.74. The summed E-state index contributed by atoms with van der Waals surface area (Å²) in [4.78, 5) is 38.5. The largest absolute Gasteiger partial charge is 0.497 e. The number of carbonyl (C=O) groups excluding carboxylic acids is 3. The Balaban J connectivity index is 1.61. The molecule has 0 bridgehead atoms. The van der Waals surface area contributed by atoms with Crippen LogP contribution in [-0.4, -0.2) is 29.5 Å². The second kappa shape index (κ2) is 10.0. The number of halogens is 1. The van der Waals surface area contributed by atoms with Crippen LogP contribution in [0.2, 0.25) is 0 Å². The number of aromatic nitrogens is 1. The van der Waals surface area contributed by atoms with E-state index in [1.165, 1.54) is 11.8 Å². The van der Waals surface area contributed by atoms with Crippen molar-refractivity contribution in [2.45, 2.75) is 13.8 Å². The monoisotopic (exact) mass is 534 g/mol. The van der Waals surface area contributed by atoms with E-state index in [4.69, 9.17) is 4.74 Å². The lowest BCUT2D eigenvalue weighted by Crippen LogP contribution is -2.36. The molecule has 1 aromatic heterocycles. The van der Waals surface area contributed by atoms with E-state index in [9.17, 15) is 14.4 Å². The normalized spacial score (nSPS) is 10.6. The Hall–Kier alpha value is -4.11. The third kappa shape index (κ3) is 5.52. The third-order valence-electron chi connectivity index (χ3n) is 5.24. The molecule has 3 amide bonds. The van der Waals surface area contributed by atoms with Gasteiger partial charge in [-0.1, -0.05) is 22.0 Å². The lowest BCUT2D eigenvalue weighted by atomic mass is 10.1. The average molecular weight is 535 g/mol. The molecule has 0 unspecified atom stereocenters. The first-order valence-corrected chi connectivity index (χ1v) is 11.5. The molecule has 8 nitrogen and oxygen atoms in total. The first-order chi connectivity index (χ1) is 16.7. The summed E-state index contributed by atoms with van der Waals surface area (Å²) in [6, 6.07) is 19.3. The zero-order chi connectivity index (χ0) is 25.1. The van der Waals surface area contributed by atoms with Crippen LogP contribution in [0.15, 0.2) is 71.2 Å². The van der Waals surface area contributed by atoms with Crippen molar-refractivity contribution in [1.29, 1.82) is 0 Å². The fourth-order valence-electron chi connectivity index (χ4n) is 3.73. The van der Waals surface area contributed by atoms with Gasteiger partial charge in [0.15, 0.2) is 0 Å². The van der Waals surface area contributed by atoms with Crippen molar-refractivity contribution >= 4 is 55.9 Å². The number of fused-ring (bicyclic) bond motifs is 1. The quantitative estimate of drug-likeness (QED) is 0.314. The van der Waals surface area contributed by atoms with Crippen LogP contribution in [0.1, 0.15) is 21.6 Å². The zero-order valence-electron chi connectivity index (χ0n) is 19.3. The van der Waals surface area contributed by atoms with Crippen molar-refractivity contribution in [1.82, 2.24) is 4.68 Å². The molecular weight excluding hydrogens is 512 g/mol. The molecule has 0 saturated heterocycles. The molecule has 0 aliphatic carbocycles. The van der Waals surface area contributed by atoms with Gasteiger partial charge in [-0.25, -0.2) is 4.68 Å². The lowest BCUT2D eigenvalue weighted by Gasteiger charge is -2.13. The Kier molecular flexibility index (Phi) is 6.88. The molecule has 4 aromatic rings. The number of benzene rings is 3. The van der Waals surface area contributed by atoms with Gasteiger partial charge in [0.2, 0.25) is 0 Å². The lowest BCUT2D eigenvalue weighted by molar-refractivity contribution is -0.133. The summed E-state index contributed by atoms with van der Waals surface area (Å²) in [6.07, 6.45) is 0. The van der Waals surface area contributed by atoms with Gasteiger partial charge in [-0.3, -0.25) is 19.8 Å². The summed E-state index contributed by atoms with van der Waals surface area (Å²) >= 11 is 3.42. The number of nitrogens with zero attached hydrogens (tertiary/aromatic N) is 1. The van der Waals surface area contributed by atoms with E-state index in [0.717, 1.165) is 15.6 Å². The SMILES string of the molecule is COc1ccc(NC(=O)C(=O)Nn2c(C(=O)Nc3cc(C)cc(C)c3)cc3cc(Br)ccc32)cc1. The smallest absolute Gasteiger partial charge is 0.328 e. The van der Waals surface area contributed by atoms with Crippen molar-refractivity contribution in [3.05, 3.63) is 88.0 Å². The van der Waals surface area contributed by atoms with Gasteiger partial charge < -0.3 is 15.4 Å². The predicted molar refractivity (Wildman–Crippen MR) is 139 cm³/mol. The van der Waals surface area contributed by atoms with Gasteiger partial charge in [-0.05, 0) is 85.6 Å². The van der Waals surface area contributed by atoms with Gasteiger partial charge in [0.05, 0.1) is 12.6 Å². The molecule has 3 aromatic carbocycles. The molecule has 4 rings (SSSR count). The number of hydrogen-bond acceptors (Lipinski definition) is 4. The standard InChI is InChI=1S/C26H23BrN4O4/c1-15-10-16(2)12-20(11-15)29-24(32)23-14-17-13-18(27)4-9-22(17)31(23)30-26(34)25(33)28-19-5-7-21(35-3)8-6-19/h4-14H,1-3H3,(H,28,33)(H,29,32)(H,30,34). The Morgan fingerprint density at radius 3 is 2.14 bits per heavy atom. The van der Waals surface area contributed by atoms with E-state index in [-0.39, 0.29) is 5.69 Å². The minimum absolute atomic E-state index is 0.169. The molecule has 0 spiro atoms. The second-order valence-corrected chi connectivity index (χ2v) is 8.94. The maximum Gasteiger partial charge on any atom is 0.328 e. The molecule has 0 fully saturated rings. The van der Waals surface area contributed by atoms with Crippen molar-refractivity contribution in [2.75, 3.05) is 23.2 Å². The second-order valence-electron chi connectivity index (χ2n) is 8.02. The van der Waals surface area contributed by atoms with Crippen LogP contribution >= 0.6 is 15.9 Å². The Labute approximate surface area is 210 Å². The van der Waals surface area contributed by atoms with Gasteiger partial charge in [0, 0.05) is 21.2 Å². The highest BCUT2D eigenvalue weighted by molar-refractivity contribution is 9.10. The molecule has 1 heterocycles. The van der Waals surface area contributed by atoms with Gasteiger partial charge in [-0.15, -0.1) is 0 Å². The summed E-state index contributed by atoms with van der Waals surface area (Å²) in [6.45, 7) is 3.89. The van der Waals surface area contributed by atoms with Crippen molar-refractivity contribution < 1.29 is 19.1 Å². The summed E-state index contributed by atoms with van der Waals surface area (Å²) in [5.74, 6) is -1.62. The van der Waals surface area contributed by atoms with E-state index in [0.29, 0.717) is 28.0 Å². The topological polar surface area (TPSA) is 101 Å². The molecule has 0 aliphatic heterocycles. The van der Waals surface area contributed by atoms with Crippen LogP contribution in [0, 0.1) is 13.8 Å². The van der Waals surface area contributed by atoms with E-state index >= 15 is 0 Å².